The molecule has 1 saturated heterocycles. The third-order valence-electron chi connectivity index (χ3n) is 1.16. The average Bonchev–Trinajstić information content (AvgIpc) is 1.61. The lowest BCUT2D eigenvalue weighted by molar-refractivity contribution is 0.0147. The van der Waals surface area contributed by atoms with Gasteiger partial charge in [0.2, 0.25) is 0 Å². The summed E-state index contributed by atoms with van der Waals surface area (Å²) >= 11 is 3.19. The number of β-amino-alcohol motifs (C(OH)–C–C–N with tert-alkyl or cyclic N) is 1. The Labute approximate surface area is 51.0 Å². The second-order valence-electron chi connectivity index (χ2n) is 1.96. The second-order valence-corrected chi connectivity index (χ2v) is 2.52. The number of alkyl halides is 1. The Balaban J connectivity index is 2.29. The normalized spacial score (nSPS) is 26.6. The van der Waals surface area contributed by atoms with Crippen LogP contribution < -0.4 is 5.32 Å². The molecule has 0 aromatic carbocycles. The van der Waals surface area contributed by atoms with E-state index >= 15 is 0 Å². The van der Waals surface area contributed by atoms with Crippen LogP contribution in [0, 0.1) is 0 Å². The van der Waals surface area contributed by atoms with Gasteiger partial charge in [-0.1, -0.05) is 15.9 Å². The Hall–Kier alpha value is 0.400. The topological polar surface area (TPSA) is 32.3 Å². The molecule has 2 N–H and O–H groups in total. The van der Waals surface area contributed by atoms with Crippen molar-refractivity contribution in [1.82, 2.24) is 5.32 Å². The molecule has 0 saturated carbocycles. The summed E-state index contributed by atoms with van der Waals surface area (Å²) in [6.07, 6.45) is 0. The van der Waals surface area contributed by atoms with Crippen molar-refractivity contribution in [1.29, 1.82) is 0 Å². The maximum atomic E-state index is 9.11. The molecule has 0 amide bonds. The first-order valence-corrected chi connectivity index (χ1v) is 3.38. The molecule has 0 radical (unpaired) electrons. The maximum Gasteiger partial charge on any atom is 0.0991 e. The van der Waals surface area contributed by atoms with Gasteiger partial charge < -0.3 is 10.4 Å². The molecule has 2 nitrogen and oxygen atoms in total. The minimum atomic E-state index is -0.431. The number of aliphatic hydroxyl groups is 1. The van der Waals surface area contributed by atoms with Gasteiger partial charge >= 0.3 is 0 Å². The van der Waals surface area contributed by atoms with Crippen molar-refractivity contribution in [2.45, 2.75) is 5.60 Å². The number of hydrogen-bond acceptors (Lipinski definition) is 2. The maximum absolute atomic E-state index is 9.11. The fourth-order valence-corrected chi connectivity index (χ4v) is 0.905. The van der Waals surface area contributed by atoms with Crippen LogP contribution in [0.2, 0.25) is 0 Å². The van der Waals surface area contributed by atoms with Crippen molar-refractivity contribution in [2.24, 2.45) is 0 Å². The fraction of sp³-hybridized carbons (Fsp3) is 1.00. The van der Waals surface area contributed by atoms with E-state index in [0.717, 1.165) is 13.1 Å². The van der Waals surface area contributed by atoms with Crippen LogP contribution >= 0.6 is 15.9 Å². The van der Waals surface area contributed by atoms with Crippen molar-refractivity contribution in [3.05, 3.63) is 0 Å². The smallest absolute Gasteiger partial charge is 0.0991 e. The zero-order valence-corrected chi connectivity index (χ0v) is 5.53. The van der Waals surface area contributed by atoms with Crippen molar-refractivity contribution >= 4 is 15.9 Å². The number of nitrogens with one attached hydrogen (secondary N) is 1. The first-order chi connectivity index (χ1) is 3.27. The fourth-order valence-electron chi connectivity index (χ4n) is 0.508. The second kappa shape index (κ2) is 1.73. The van der Waals surface area contributed by atoms with Gasteiger partial charge in [0.15, 0.2) is 0 Å². The monoisotopic (exact) mass is 165 g/mol. The molecule has 0 spiro atoms. The van der Waals surface area contributed by atoms with Crippen LogP contribution in [0.1, 0.15) is 0 Å². The van der Waals surface area contributed by atoms with E-state index in [4.69, 9.17) is 5.11 Å². The van der Waals surface area contributed by atoms with Gasteiger partial charge in [-0.05, 0) is 0 Å². The molecular formula is C4H8BrNO. The summed E-state index contributed by atoms with van der Waals surface area (Å²) in [5.74, 6) is 0. The minimum Gasteiger partial charge on any atom is -0.386 e. The molecule has 1 aliphatic heterocycles. The van der Waals surface area contributed by atoms with Gasteiger partial charge in [-0.2, -0.15) is 0 Å². The summed E-state index contributed by atoms with van der Waals surface area (Å²) in [5, 5.41) is 12.8. The molecular weight excluding hydrogens is 158 g/mol. The Morgan fingerprint density at radius 1 is 1.71 bits per heavy atom. The zero-order valence-electron chi connectivity index (χ0n) is 3.95. The average molecular weight is 166 g/mol. The number of halogens is 1. The van der Waals surface area contributed by atoms with Gasteiger partial charge in [-0.15, -0.1) is 0 Å². The molecule has 1 fully saturated rings. The molecule has 0 aliphatic carbocycles. The van der Waals surface area contributed by atoms with E-state index in [-0.39, 0.29) is 0 Å². The van der Waals surface area contributed by atoms with E-state index in [9.17, 15) is 0 Å². The van der Waals surface area contributed by atoms with Crippen LogP contribution in [0.15, 0.2) is 0 Å². The van der Waals surface area contributed by atoms with Crippen molar-refractivity contribution in [3.8, 4) is 0 Å². The van der Waals surface area contributed by atoms with Crippen molar-refractivity contribution in [2.75, 3.05) is 18.4 Å². The van der Waals surface area contributed by atoms with E-state index in [0.29, 0.717) is 5.33 Å². The van der Waals surface area contributed by atoms with Gasteiger partial charge in [-0.25, -0.2) is 0 Å². The quantitative estimate of drug-likeness (QED) is 0.525. The van der Waals surface area contributed by atoms with Crippen molar-refractivity contribution < 1.29 is 5.11 Å². The molecule has 0 aromatic heterocycles. The highest BCUT2D eigenvalue weighted by atomic mass is 79.9. The number of hydrogen-bond donors (Lipinski definition) is 2. The lowest BCUT2D eigenvalue weighted by Crippen LogP contribution is -2.60. The third kappa shape index (κ3) is 0.953. The van der Waals surface area contributed by atoms with E-state index < -0.39 is 5.60 Å². The largest absolute Gasteiger partial charge is 0.386 e. The number of rotatable bonds is 1. The molecule has 3 heteroatoms. The van der Waals surface area contributed by atoms with Crippen LogP contribution in [-0.4, -0.2) is 29.1 Å². The summed E-state index contributed by atoms with van der Waals surface area (Å²) in [6, 6.07) is 0. The first-order valence-electron chi connectivity index (χ1n) is 2.26. The Kier molecular flexibility index (Phi) is 1.36. The van der Waals surface area contributed by atoms with E-state index in [1.54, 1.807) is 0 Å². The molecule has 42 valence electrons. The molecule has 0 unspecified atom stereocenters. The van der Waals surface area contributed by atoms with Gasteiger partial charge in [-0.3, -0.25) is 0 Å². The Morgan fingerprint density at radius 2 is 2.29 bits per heavy atom. The first kappa shape index (κ1) is 5.54. The highest BCUT2D eigenvalue weighted by Crippen LogP contribution is 2.12. The third-order valence-corrected chi connectivity index (χ3v) is 2.20. The van der Waals surface area contributed by atoms with Gasteiger partial charge in [0.1, 0.15) is 0 Å². The highest BCUT2D eigenvalue weighted by Gasteiger charge is 2.32. The van der Waals surface area contributed by atoms with E-state index in [2.05, 4.69) is 21.2 Å². The molecule has 7 heavy (non-hydrogen) atoms. The minimum absolute atomic E-state index is 0.431. The molecule has 0 bridgehead atoms. The van der Waals surface area contributed by atoms with E-state index in [1.807, 2.05) is 0 Å². The van der Waals surface area contributed by atoms with Gasteiger partial charge in [0.25, 0.3) is 0 Å². The van der Waals surface area contributed by atoms with Crippen LogP contribution in [0.5, 0.6) is 0 Å². The predicted octanol–water partition coefficient (Wildman–Crippen LogP) is -0.284. The molecule has 1 aliphatic rings. The Bertz CT molecular complexity index is 66.6. The Morgan fingerprint density at radius 3 is 2.29 bits per heavy atom. The lowest BCUT2D eigenvalue weighted by Gasteiger charge is -2.35. The SMILES string of the molecule is OC1(CBr)CNC1. The summed E-state index contributed by atoms with van der Waals surface area (Å²) in [7, 11) is 0. The van der Waals surface area contributed by atoms with Crippen LogP contribution in [0.25, 0.3) is 0 Å². The summed E-state index contributed by atoms with van der Waals surface area (Å²) in [5.41, 5.74) is -0.431. The standard InChI is InChI=1S/C4H8BrNO/c5-1-4(7)2-6-3-4/h6-7H,1-3H2. The van der Waals surface area contributed by atoms with Crippen LogP contribution in [-0.2, 0) is 0 Å². The predicted molar refractivity (Wildman–Crippen MR) is 31.6 cm³/mol. The van der Waals surface area contributed by atoms with Gasteiger partial charge in [0, 0.05) is 18.4 Å². The van der Waals surface area contributed by atoms with Crippen molar-refractivity contribution in [3.63, 3.8) is 0 Å². The molecule has 0 aromatic rings. The van der Waals surface area contributed by atoms with Crippen LogP contribution in [0.3, 0.4) is 0 Å². The highest BCUT2D eigenvalue weighted by molar-refractivity contribution is 9.09. The molecule has 1 rings (SSSR count). The molecule has 1 heterocycles. The van der Waals surface area contributed by atoms with Crippen LogP contribution in [0.4, 0.5) is 0 Å². The van der Waals surface area contributed by atoms with Gasteiger partial charge in [0.05, 0.1) is 5.60 Å². The summed E-state index contributed by atoms with van der Waals surface area (Å²) in [6.45, 7) is 1.47. The summed E-state index contributed by atoms with van der Waals surface area (Å²) < 4.78 is 0. The molecule has 0 atom stereocenters. The zero-order chi connectivity index (χ0) is 5.33. The summed E-state index contributed by atoms with van der Waals surface area (Å²) in [4.78, 5) is 0. The van der Waals surface area contributed by atoms with E-state index in [1.165, 1.54) is 0 Å². The lowest BCUT2D eigenvalue weighted by atomic mass is 10.0.